The maximum Gasteiger partial charge on any atom is 0.309 e. The lowest BCUT2D eigenvalue weighted by Gasteiger charge is -2.07. The number of hydrogen-bond acceptors (Lipinski definition) is 5. The van der Waals surface area contributed by atoms with E-state index in [2.05, 4.69) is 21.2 Å². The molecule has 0 saturated heterocycles. The zero-order valence-electron chi connectivity index (χ0n) is 11.8. The fourth-order valence-electron chi connectivity index (χ4n) is 1.37. The summed E-state index contributed by atoms with van der Waals surface area (Å²) in [7, 11) is 1.54. The Labute approximate surface area is 131 Å². The van der Waals surface area contributed by atoms with E-state index in [0.717, 1.165) is 4.47 Å². The molecule has 0 aliphatic heterocycles. The average Bonchev–Trinajstić information content (AvgIpc) is 2.45. The van der Waals surface area contributed by atoms with Gasteiger partial charge in [0.25, 0.3) is 5.91 Å². The first-order valence-electron chi connectivity index (χ1n) is 6.41. The SMILES string of the molecule is COCCNC(=O)COC(=O)CCOc1cccc(Br)c1. The molecule has 0 aliphatic carbocycles. The number of carbonyl (C=O) groups excluding carboxylic acids is 2. The third-order valence-electron chi connectivity index (χ3n) is 2.36. The Morgan fingerprint density at radius 1 is 1.29 bits per heavy atom. The van der Waals surface area contributed by atoms with Crippen LogP contribution in [0, 0.1) is 0 Å². The van der Waals surface area contributed by atoms with E-state index in [1.165, 1.54) is 7.11 Å². The lowest BCUT2D eigenvalue weighted by atomic mass is 10.3. The number of ether oxygens (including phenoxy) is 3. The van der Waals surface area contributed by atoms with Crippen molar-refractivity contribution in [1.29, 1.82) is 0 Å². The van der Waals surface area contributed by atoms with Crippen molar-refractivity contribution in [3.63, 3.8) is 0 Å². The van der Waals surface area contributed by atoms with Crippen molar-refractivity contribution in [2.24, 2.45) is 0 Å². The van der Waals surface area contributed by atoms with Crippen LogP contribution in [0.4, 0.5) is 0 Å². The summed E-state index contributed by atoms with van der Waals surface area (Å²) >= 11 is 3.32. The van der Waals surface area contributed by atoms with Gasteiger partial charge in [0.15, 0.2) is 6.61 Å². The normalized spacial score (nSPS) is 10.0. The zero-order chi connectivity index (χ0) is 15.5. The molecule has 6 nitrogen and oxygen atoms in total. The lowest BCUT2D eigenvalue weighted by Crippen LogP contribution is -2.31. The first kappa shape index (κ1) is 17.5. The molecule has 0 unspecified atom stereocenters. The highest BCUT2D eigenvalue weighted by Gasteiger charge is 2.07. The van der Waals surface area contributed by atoms with Gasteiger partial charge in [-0.3, -0.25) is 9.59 Å². The highest BCUT2D eigenvalue weighted by molar-refractivity contribution is 9.10. The molecule has 0 spiro atoms. The van der Waals surface area contributed by atoms with E-state index in [9.17, 15) is 9.59 Å². The molecule has 0 aliphatic rings. The molecule has 7 heteroatoms. The molecule has 0 heterocycles. The van der Waals surface area contributed by atoms with Crippen molar-refractivity contribution < 1.29 is 23.8 Å². The number of rotatable bonds is 9. The predicted octanol–water partition coefficient (Wildman–Crippen LogP) is 1.52. The highest BCUT2D eigenvalue weighted by Crippen LogP contribution is 2.17. The third-order valence-corrected chi connectivity index (χ3v) is 2.86. The van der Waals surface area contributed by atoms with Crippen LogP contribution in [0.25, 0.3) is 0 Å². The van der Waals surface area contributed by atoms with Crippen molar-refractivity contribution in [2.75, 3.05) is 33.5 Å². The number of hydrogen-bond donors (Lipinski definition) is 1. The number of halogens is 1. The van der Waals surface area contributed by atoms with Crippen LogP contribution in [-0.2, 0) is 19.1 Å². The summed E-state index contributed by atoms with van der Waals surface area (Å²) in [5.41, 5.74) is 0. The van der Waals surface area contributed by atoms with E-state index in [1.54, 1.807) is 12.1 Å². The summed E-state index contributed by atoms with van der Waals surface area (Å²) in [6, 6.07) is 7.30. The predicted molar refractivity (Wildman–Crippen MR) is 80.1 cm³/mol. The van der Waals surface area contributed by atoms with Crippen molar-refractivity contribution in [1.82, 2.24) is 5.32 Å². The van der Waals surface area contributed by atoms with Crippen molar-refractivity contribution in [2.45, 2.75) is 6.42 Å². The zero-order valence-corrected chi connectivity index (χ0v) is 13.4. The average molecular weight is 360 g/mol. The monoisotopic (exact) mass is 359 g/mol. The topological polar surface area (TPSA) is 73.9 Å². The van der Waals surface area contributed by atoms with Gasteiger partial charge in [-0.1, -0.05) is 22.0 Å². The standard InChI is InChI=1S/C14H18BrNO5/c1-19-8-6-16-13(17)10-21-14(18)5-7-20-12-4-2-3-11(15)9-12/h2-4,9H,5-8,10H2,1H3,(H,16,17). The van der Waals surface area contributed by atoms with Gasteiger partial charge in [-0.2, -0.15) is 0 Å². The Bertz CT molecular complexity index is 466. The molecular formula is C14H18BrNO5. The number of carbonyl (C=O) groups is 2. The minimum atomic E-state index is -0.480. The second-order valence-electron chi connectivity index (χ2n) is 4.06. The molecule has 116 valence electrons. The summed E-state index contributed by atoms with van der Waals surface area (Å²) < 4.78 is 15.9. The highest BCUT2D eigenvalue weighted by atomic mass is 79.9. The van der Waals surface area contributed by atoms with Crippen molar-refractivity contribution in [3.8, 4) is 5.75 Å². The van der Waals surface area contributed by atoms with Gasteiger partial charge in [0.1, 0.15) is 5.75 Å². The van der Waals surface area contributed by atoms with Crippen molar-refractivity contribution >= 4 is 27.8 Å². The van der Waals surface area contributed by atoms with Gasteiger partial charge >= 0.3 is 5.97 Å². The van der Waals surface area contributed by atoms with Gasteiger partial charge in [-0.15, -0.1) is 0 Å². The van der Waals surface area contributed by atoms with Gasteiger partial charge < -0.3 is 19.5 Å². The quantitative estimate of drug-likeness (QED) is 0.534. The lowest BCUT2D eigenvalue weighted by molar-refractivity contribution is -0.149. The number of amides is 1. The summed E-state index contributed by atoms with van der Waals surface area (Å²) in [4.78, 5) is 22.7. The smallest absolute Gasteiger partial charge is 0.309 e. The van der Waals surface area contributed by atoms with Crippen LogP contribution in [0.15, 0.2) is 28.7 Å². The fourth-order valence-corrected chi connectivity index (χ4v) is 1.75. The molecule has 0 bridgehead atoms. The largest absolute Gasteiger partial charge is 0.493 e. The van der Waals surface area contributed by atoms with E-state index in [0.29, 0.717) is 18.9 Å². The Balaban J connectivity index is 2.12. The molecule has 0 atom stereocenters. The van der Waals surface area contributed by atoms with Gasteiger partial charge in [-0.25, -0.2) is 0 Å². The molecule has 1 amide bonds. The molecule has 0 aromatic heterocycles. The first-order valence-corrected chi connectivity index (χ1v) is 7.20. The number of nitrogens with one attached hydrogen (secondary N) is 1. The van der Waals surface area contributed by atoms with Crippen LogP contribution < -0.4 is 10.1 Å². The molecular weight excluding hydrogens is 342 g/mol. The Hall–Kier alpha value is -1.60. The molecule has 0 fully saturated rings. The minimum absolute atomic E-state index is 0.0812. The first-order chi connectivity index (χ1) is 10.1. The number of esters is 1. The molecule has 1 aromatic carbocycles. The van der Waals surface area contributed by atoms with Gasteiger partial charge in [0.2, 0.25) is 0 Å². The van der Waals surface area contributed by atoms with E-state index in [1.807, 2.05) is 12.1 Å². The van der Waals surface area contributed by atoms with Crippen LogP contribution in [0.1, 0.15) is 6.42 Å². The summed E-state index contributed by atoms with van der Waals surface area (Å²) in [6.45, 7) is 0.707. The van der Waals surface area contributed by atoms with E-state index >= 15 is 0 Å². The van der Waals surface area contributed by atoms with Crippen LogP contribution in [0.2, 0.25) is 0 Å². The van der Waals surface area contributed by atoms with E-state index in [-0.39, 0.29) is 25.5 Å². The second kappa shape index (κ2) is 10.2. The van der Waals surface area contributed by atoms with Crippen LogP contribution in [0.3, 0.4) is 0 Å². The van der Waals surface area contributed by atoms with Crippen LogP contribution in [0.5, 0.6) is 5.75 Å². The maximum atomic E-state index is 11.4. The summed E-state index contributed by atoms with van der Waals surface area (Å²) in [5.74, 6) is -0.172. The molecule has 1 rings (SSSR count). The molecule has 21 heavy (non-hydrogen) atoms. The molecule has 0 radical (unpaired) electrons. The van der Waals surface area contributed by atoms with E-state index in [4.69, 9.17) is 14.2 Å². The molecule has 0 saturated carbocycles. The van der Waals surface area contributed by atoms with Crippen LogP contribution in [-0.4, -0.2) is 45.4 Å². The maximum absolute atomic E-state index is 11.4. The number of methoxy groups -OCH3 is 1. The van der Waals surface area contributed by atoms with Gasteiger partial charge in [0, 0.05) is 18.1 Å². The van der Waals surface area contributed by atoms with Crippen molar-refractivity contribution in [3.05, 3.63) is 28.7 Å². The van der Waals surface area contributed by atoms with Gasteiger partial charge in [0.05, 0.1) is 19.6 Å². The van der Waals surface area contributed by atoms with E-state index < -0.39 is 5.97 Å². The Kier molecular flexibility index (Phi) is 8.45. The Morgan fingerprint density at radius 2 is 2.10 bits per heavy atom. The van der Waals surface area contributed by atoms with Gasteiger partial charge in [-0.05, 0) is 18.2 Å². The second-order valence-corrected chi connectivity index (χ2v) is 4.97. The molecule has 1 N–H and O–H groups in total. The molecule has 1 aromatic rings. The van der Waals surface area contributed by atoms with Crippen LogP contribution >= 0.6 is 15.9 Å². The summed E-state index contributed by atoms with van der Waals surface area (Å²) in [6.07, 6.45) is 0.0812. The third kappa shape index (κ3) is 8.31. The fraction of sp³-hybridized carbons (Fsp3) is 0.429. The Morgan fingerprint density at radius 3 is 2.81 bits per heavy atom. The minimum Gasteiger partial charge on any atom is -0.493 e. The number of benzene rings is 1. The summed E-state index contributed by atoms with van der Waals surface area (Å²) in [5, 5.41) is 2.55.